The monoisotopic (exact) mass is 262 g/mol. The number of hydrogen-bond acceptors (Lipinski definition) is 3. The highest BCUT2D eigenvalue weighted by molar-refractivity contribution is 5.89. The van der Waals surface area contributed by atoms with Crippen molar-refractivity contribution in [1.82, 2.24) is 0 Å². The number of para-hydroxylation sites is 1. The maximum atomic E-state index is 12.4. The van der Waals surface area contributed by atoms with Gasteiger partial charge in [-0.2, -0.15) is 0 Å². The van der Waals surface area contributed by atoms with Gasteiger partial charge in [0.15, 0.2) is 5.78 Å². The lowest BCUT2D eigenvalue weighted by Gasteiger charge is -2.33. The summed E-state index contributed by atoms with van der Waals surface area (Å²) in [7, 11) is 1.60. The van der Waals surface area contributed by atoms with Crippen LogP contribution in [0.2, 0.25) is 0 Å². The minimum Gasteiger partial charge on any atom is -0.496 e. The molecule has 2 rings (SSSR count). The Morgan fingerprint density at radius 2 is 2.00 bits per heavy atom. The van der Waals surface area contributed by atoms with Crippen molar-refractivity contribution in [2.75, 3.05) is 7.11 Å². The first-order valence-corrected chi connectivity index (χ1v) is 6.93. The molecule has 104 valence electrons. The zero-order chi connectivity index (χ0) is 13.9. The third-order valence-corrected chi connectivity index (χ3v) is 4.16. The second kappa shape index (κ2) is 5.74. The van der Waals surface area contributed by atoms with Crippen LogP contribution >= 0.6 is 0 Å². The predicted octanol–water partition coefficient (Wildman–Crippen LogP) is 2.75. The minimum atomic E-state index is -1.13. The van der Waals surface area contributed by atoms with Crippen LogP contribution in [0.4, 0.5) is 0 Å². The highest BCUT2D eigenvalue weighted by atomic mass is 16.5. The predicted molar refractivity (Wildman–Crippen MR) is 74.3 cm³/mol. The first-order chi connectivity index (χ1) is 9.05. The fourth-order valence-electron chi connectivity index (χ4n) is 2.71. The molecule has 1 aromatic carbocycles. The Balaban J connectivity index is 2.08. The van der Waals surface area contributed by atoms with Crippen molar-refractivity contribution in [3.8, 4) is 5.75 Å². The van der Waals surface area contributed by atoms with Crippen molar-refractivity contribution in [3.05, 3.63) is 29.8 Å². The summed E-state index contributed by atoms with van der Waals surface area (Å²) in [5, 5.41) is 10.5. The summed E-state index contributed by atoms with van der Waals surface area (Å²) in [5.74, 6) is 1.24. The fraction of sp³-hybridized carbons (Fsp3) is 0.562. The van der Waals surface area contributed by atoms with E-state index in [9.17, 15) is 9.90 Å². The summed E-state index contributed by atoms with van der Waals surface area (Å²) >= 11 is 0. The number of ether oxygens (including phenoxy) is 1. The zero-order valence-electron chi connectivity index (χ0n) is 11.7. The van der Waals surface area contributed by atoms with Gasteiger partial charge >= 0.3 is 0 Å². The molecule has 19 heavy (non-hydrogen) atoms. The Hall–Kier alpha value is -1.35. The van der Waals surface area contributed by atoms with Crippen molar-refractivity contribution in [3.63, 3.8) is 0 Å². The number of carbonyl (C=O) groups is 1. The summed E-state index contributed by atoms with van der Waals surface area (Å²) in [6, 6.07) is 7.49. The summed E-state index contributed by atoms with van der Waals surface area (Å²) < 4.78 is 5.25. The van der Waals surface area contributed by atoms with Crippen LogP contribution in [-0.4, -0.2) is 23.6 Å². The second-order valence-corrected chi connectivity index (χ2v) is 5.63. The van der Waals surface area contributed by atoms with E-state index in [1.165, 1.54) is 0 Å². The lowest BCUT2D eigenvalue weighted by molar-refractivity contribution is -0.140. The van der Waals surface area contributed by atoms with Gasteiger partial charge in [-0.25, -0.2) is 0 Å². The number of methoxy groups -OCH3 is 1. The molecular formula is C16H22O3. The summed E-state index contributed by atoms with van der Waals surface area (Å²) in [6.45, 7) is 2.17. The van der Waals surface area contributed by atoms with Crippen molar-refractivity contribution in [2.45, 2.75) is 44.6 Å². The Morgan fingerprint density at radius 3 is 2.63 bits per heavy atom. The van der Waals surface area contributed by atoms with E-state index in [1.54, 1.807) is 7.11 Å². The first-order valence-electron chi connectivity index (χ1n) is 6.93. The number of ketones is 1. The summed E-state index contributed by atoms with van der Waals surface area (Å²) in [6.07, 6.45) is 3.27. The number of aliphatic hydroxyl groups is 1. The topological polar surface area (TPSA) is 46.5 Å². The molecule has 3 nitrogen and oxygen atoms in total. The molecule has 0 unspecified atom stereocenters. The van der Waals surface area contributed by atoms with E-state index in [2.05, 4.69) is 6.92 Å². The van der Waals surface area contributed by atoms with Gasteiger partial charge in [0.2, 0.25) is 0 Å². The Morgan fingerprint density at radius 1 is 1.37 bits per heavy atom. The SMILES string of the molecule is COc1ccccc1CC(=O)C1(O)CCC(C)CC1. The third kappa shape index (κ3) is 3.16. The van der Waals surface area contributed by atoms with Gasteiger partial charge in [-0.15, -0.1) is 0 Å². The molecule has 0 radical (unpaired) electrons. The van der Waals surface area contributed by atoms with Gasteiger partial charge in [0, 0.05) is 12.0 Å². The molecule has 0 aliphatic heterocycles. The molecule has 0 aromatic heterocycles. The fourth-order valence-corrected chi connectivity index (χ4v) is 2.71. The standard InChI is InChI=1S/C16H22O3/c1-12-7-9-16(18,10-8-12)15(17)11-13-5-3-4-6-14(13)19-2/h3-6,12,18H,7-11H2,1-2H3. The van der Waals surface area contributed by atoms with E-state index in [0.717, 1.165) is 18.4 Å². The summed E-state index contributed by atoms with van der Waals surface area (Å²) in [5.41, 5.74) is -0.282. The number of benzene rings is 1. The minimum absolute atomic E-state index is 0.0797. The Bertz CT molecular complexity index is 445. The van der Waals surface area contributed by atoms with Gasteiger partial charge in [-0.05, 0) is 37.7 Å². The van der Waals surface area contributed by atoms with Crippen molar-refractivity contribution in [1.29, 1.82) is 0 Å². The number of hydrogen-bond donors (Lipinski definition) is 1. The molecule has 1 aliphatic rings. The Kier molecular flexibility index (Phi) is 4.25. The van der Waals surface area contributed by atoms with Crippen molar-refractivity contribution in [2.24, 2.45) is 5.92 Å². The molecular weight excluding hydrogens is 240 g/mol. The molecule has 0 saturated heterocycles. The van der Waals surface area contributed by atoms with Crippen molar-refractivity contribution >= 4 is 5.78 Å². The molecule has 1 fully saturated rings. The highest BCUT2D eigenvalue weighted by Gasteiger charge is 2.38. The van der Waals surface area contributed by atoms with E-state index < -0.39 is 5.60 Å². The van der Waals surface area contributed by atoms with Crippen LogP contribution in [0.5, 0.6) is 5.75 Å². The molecule has 1 saturated carbocycles. The van der Waals surface area contributed by atoms with Gasteiger partial charge in [-0.3, -0.25) is 4.79 Å². The molecule has 1 aliphatic carbocycles. The zero-order valence-corrected chi connectivity index (χ0v) is 11.7. The van der Waals surface area contributed by atoms with Crippen LogP contribution in [0, 0.1) is 5.92 Å². The van der Waals surface area contributed by atoms with Crippen LogP contribution in [0.1, 0.15) is 38.2 Å². The van der Waals surface area contributed by atoms with E-state index in [0.29, 0.717) is 24.5 Å². The Labute approximate surface area is 114 Å². The second-order valence-electron chi connectivity index (χ2n) is 5.63. The van der Waals surface area contributed by atoms with E-state index in [-0.39, 0.29) is 12.2 Å². The average Bonchev–Trinajstić information content (AvgIpc) is 2.43. The maximum Gasteiger partial charge on any atom is 0.168 e. The molecule has 0 spiro atoms. The van der Waals surface area contributed by atoms with Gasteiger partial charge < -0.3 is 9.84 Å². The lowest BCUT2D eigenvalue weighted by Crippen LogP contribution is -2.42. The van der Waals surface area contributed by atoms with Gasteiger partial charge in [0.05, 0.1) is 7.11 Å². The van der Waals surface area contributed by atoms with Gasteiger partial charge in [0.25, 0.3) is 0 Å². The first kappa shape index (κ1) is 14.1. The molecule has 3 heteroatoms. The van der Waals surface area contributed by atoms with Crippen LogP contribution in [0.15, 0.2) is 24.3 Å². The number of Topliss-reactive ketones (excluding diaryl/α,β-unsaturated/α-hetero) is 1. The lowest BCUT2D eigenvalue weighted by atomic mass is 9.76. The molecule has 0 atom stereocenters. The van der Waals surface area contributed by atoms with Crippen LogP contribution in [0.3, 0.4) is 0 Å². The van der Waals surface area contributed by atoms with E-state index in [1.807, 2.05) is 24.3 Å². The molecule has 1 aromatic rings. The number of rotatable bonds is 4. The normalized spacial score (nSPS) is 27.0. The van der Waals surface area contributed by atoms with E-state index >= 15 is 0 Å². The third-order valence-electron chi connectivity index (χ3n) is 4.16. The van der Waals surface area contributed by atoms with Gasteiger partial charge in [0.1, 0.15) is 11.4 Å². The van der Waals surface area contributed by atoms with Crippen LogP contribution in [-0.2, 0) is 11.2 Å². The van der Waals surface area contributed by atoms with Crippen LogP contribution in [0.25, 0.3) is 0 Å². The molecule has 0 heterocycles. The summed E-state index contributed by atoms with van der Waals surface area (Å²) in [4.78, 5) is 12.4. The maximum absolute atomic E-state index is 12.4. The van der Waals surface area contributed by atoms with Gasteiger partial charge in [-0.1, -0.05) is 25.1 Å². The average molecular weight is 262 g/mol. The smallest absolute Gasteiger partial charge is 0.168 e. The molecule has 1 N–H and O–H groups in total. The quantitative estimate of drug-likeness (QED) is 0.907. The molecule has 0 amide bonds. The van der Waals surface area contributed by atoms with E-state index in [4.69, 9.17) is 4.74 Å². The number of carbonyl (C=O) groups excluding carboxylic acids is 1. The van der Waals surface area contributed by atoms with Crippen LogP contribution < -0.4 is 4.74 Å². The largest absolute Gasteiger partial charge is 0.496 e. The molecule has 0 bridgehead atoms. The highest BCUT2D eigenvalue weighted by Crippen LogP contribution is 2.33. The van der Waals surface area contributed by atoms with Crippen molar-refractivity contribution < 1.29 is 14.6 Å².